The van der Waals surface area contributed by atoms with Gasteiger partial charge in [0.2, 0.25) is 0 Å². The number of para-hydroxylation sites is 1. The standard InChI is InChI=1S/C16H23NO5/c1-4-21-9-10-22-13-8-6-5-7-12(13)14(18)17-11-16(2,3)15(19)20/h5-8H,4,9-11H2,1-3H3,(H,17,18)(H,19,20). The Morgan fingerprint density at radius 3 is 2.55 bits per heavy atom. The van der Waals surface area contributed by atoms with Gasteiger partial charge in [-0.05, 0) is 32.9 Å². The Morgan fingerprint density at radius 1 is 1.23 bits per heavy atom. The molecule has 0 heterocycles. The molecule has 2 N–H and O–H groups in total. The molecule has 1 amide bonds. The molecule has 1 aromatic rings. The average Bonchev–Trinajstić information content (AvgIpc) is 2.49. The van der Waals surface area contributed by atoms with Crippen molar-refractivity contribution in [3.8, 4) is 5.75 Å². The molecule has 1 rings (SSSR count). The molecule has 122 valence electrons. The number of carboxylic acids is 1. The zero-order chi connectivity index (χ0) is 16.6. The fourth-order valence-electron chi connectivity index (χ4n) is 1.61. The Balaban J connectivity index is 2.67. The van der Waals surface area contributed by atoms with Crippen LogP contribution in [0.3, 0.4) is 0 Å². The predicted octanol–water partition coefficient (Wildman–Crippen LogP) is 1.94. The van der Waals surface area contributed by atoms with Crippen LogP contribution < -0.4 is 10.1 Å². The van der Waals surface area contributed by atoms with E-state index >= 15 is 0 Å². The lowest BCUT2D eigenvalue weighted by atomic mass is 9.94. The minimum atomic E-state index is -1.03. The third-order valence-electron chi connectivity index (χ3n) is 3.09. The SMILES string of the molecule is CCOCCOc1ccccc1C(=O)NCC(C)(C)C(=O)O. The van der Waals surface area contributed by atoms with Crippen LogP contribution in [0.4, 0.5) is 0 Å². The van der Waals surface area contributed by atoms with Crippen molar-refractivity contribution in [3.05, 3.63) is 29.8 Å². The van der Waals surface area contributed by atoms with E-state index in [1.54, 1.807) is 38.1 Å². The smallest absolute Gasteiger partial charge is 0.310 e. The van der Waals surface area contributed by atoms with Gasteiger partial charge in [-0.1, -0.05) is 12.1 Å². The van der Waals surface area contributed by atoms with Crippen LogP contribution in [0, 0.1) is 5.41 Å². The van der Waals surface area contributed by atoms with Gasteiger partial charge in [0.1, 0.15) is 12.4 Å². The zero-order valence-electron chi connectivity index (χ0n) is 13.2. The molecule has 0 atom stereocenters. The maximum absolute atomic E-state index is 12.2. The highest BCUT2D eigenvalue weighted by Gasteiger charge is 2.28. The van der Waals surface area contributed by atoms with Crippen LogP contribution >= 0.6 is 0 Å². The minimum Gasteiger partial charge on any atom is -0.490 e. The molecule has 0 aromatic heterocycles. The van der Waals surface area contributed by atoms with Crippen molar-refractivity contribution in [2.75, 3.05) is 26.4 Å². The van der Waals surface area contributed by atoms with Gasteiger partial charge in [0.15, 0.2) is 0 Å². The number of ether oxygens (including phenoxy) is 2. The first-order chi connectivity index (χ1) is 10.4. The molecule has 0 aliphatic rings. The second kappa shape index (κ2) is 8.38. The molecule has 0 aliphatic carbocycles. The molecular weight excluding hydrogens is 286 g/mol. The Bertz CT molecular complexity index is 513. The number of aliphatic carboxylic acids is 1. The molecule has 0 spiro atoms. The molecule has 0 unspecified atom stereocenters. The lowest BCUT2D eigenvalue weighted by Crippen LogP contribution is -2.39. The average molecular weight is 309 g/mol. The first-order valence-electron chi connectivity index (χ1n) is 7.19. The van der Waals surface area contributed by atoms with Crippen LogP contribution in [-0.4, -0.2) is 43.3 Å². The van der Waals surface area contributed by atoms with Crippen molar-refractivity contribution in [2.45, 2.75) is 20.8 Å². The van der Waals surface area contributed by atoms with Crippen molar-refractivity contribution >= 4 is 11.9 Å². The molecule has 6 heteroatoms. The number of rotatable bonds is 9. The summed E-state index contributed by atoms with van der Waals surface area (Å²) in [5.74, 6) is -0.872. The highest BCUT2D eigenvalue weighted by Crippen LogP contribution is 2.19. The molecule has 22 heavy (non-hydrogen) atoms. The Hall–Kier alpha value is -2.08. The third kappa shape index (κ3) is 5.37. The quantitative estimate of drug-likeness (QED) is 0.681. The van der Waals surface area contributed by atoms with Gasteiger partial charge in [-0.25, -0.2) is 0 Å². The summed E-state index contributed by atoms with van der Waals surface area (Å²) < 4.78 is 10.7. The van der Waals surface area contributed by atoms with Crippen LogP contribution in [0.25, 0.3) is 0 Å². The zero-order valence-corrected chi connectivity index (χ0v) is 13.2. The van der Waals surface area contributed by atoms with Crippen molar-refractivity contribution in [3.63, 3.8) is 0 Å². The Morgan fingerprint density at radius 2 is 1.91 bits per heavy atom. The van der Waals surface area contributed by atoms with Gasteiger partial charge in [-0.2, -0.15) is 0 Å². The van der Waals surface area contributed by atoms with Gasteiger partial charge in [0, 0.05) is 13.2 Å². The topological polar surface area (TPSA) is 84.9 Å². The first-order valence-corrected chi connectivity index (χ1v) is 7.19. The number of nitrogens with one attached hydrogen (secondary N) is 1. The van der Waals surface area contributed by atoms with E-state index in [0.29, 0.717) is 31.1 Å². The van der Waals surface area contributed by atoms with E-state index in [4.69, 9.17) is 14.6 Å². The van der Waals surface area contributed by atoms with E-state index in [9.17, 15) is 9.59 Å². The van der Waals surface area contributed by atoms with Crippen molar-refractivity contribution in [2.24, 2.45) is 5.41 Å². The van der Waals surface area contributed by atoms with Crippen molar-refractivity contribution < 1.29 is 24.2 Å². The summed E-state index contributed by atoms with van der Waals surface area (Å²) >= 11 is 0. The Labute approximate surface area is 130 Å². The van der Waals surface area contributed by atoms with Gasteiger partial charge in [0.25, 0.3) is 5.91 Å². The maximum Gasteiger partial charge on any atom is 0.310 e. The lowest BCUT2D eigenvalue weighted by Gasteiger charge is -2.20. The highest BCUT2D eigenvalue weighted by atomic mass is 16.5. The maximum atomic E-state index is 12.2. The number of amides is 1. The number of benzene rings is 1. The van der Waals surface area contributed by atoms with Gasteiger partial charge in [0.05, 0.1) is 17.6 Å². The van der Waals surface area contributed by atoms with Crippen LogP contribution in [0.5, 0.6) is 5.75 Å². The number of carbonyl (C=O) groups is 2. The molecule has 1 aromatic carbocycles. The molecule has 0 saturated heterocycles. The van der Waals surface area contributed by atoms with Gasteiger partial charge >= 0.3 is 5.97 Å². The lowest BCUT2D eigenvalue weighted by molar-refractivity contribution is -0.146. The summed E-state index contributed by atoms with van der Waals surface area (Å²) in [4.78, 5) is 23.3. The summed E-state index contributed by atoms with van der Waals surface area (Å²) in [6.45, 7) is 6.44. The van der Waals surface area contributed by atoms with Gasteiger partial charge in [-0.3, -0.25) is 9.59 Å². The fraction of sp³-hybridized carbons (Fsp3) is 0.500. The van der Waals surface area contributed by atoms with E-state index < -0.39 is 11.4 Å². The molecule has 0 saturated carbocycles. The molecule has 0 radical (unpaired) electrons. The van der Waals surface area contributed by atoms with E-state index in [0.717, 1.165) is 0 Å². The normalized spacial score (nSPS) is 11.0. The second-order valence-electron chi connectivity index (χ2n) is 5.41. The van der Waals surface area contributed by atoms with E-state index in [2.05, 4.69) is 5.32 Å². The van der Waals surface area contributed by atoms with E-state index in [1.807, 2.05) is 6.92 Å². The Kier molecular flexibility index (Phi) is 6.85. The van der Waals surface area contributed by atoms with Crippen LogP contribution in [0.1, 0.15) is 31.1 Å². The second-order valence-corrected chi connectivity index (χ2v) is 5.41. The van der Waals surface area contributed by atoms with E-state index in [1.165, 1.54) is 0 Å². The third-order valence-corrected chi connectivity index (χ3v) is 3.09. The monoisotopic (exact) mass is 309 g/mol. The fourth-order valence-corrected chi connectivity index (χ4v) is 1.61. The van der Waals surface area contributed by atoms with Gasteiger partial charge < -0.3 is 19.9 Å². The number of carboxylic acid groups (broad SMARTS) is 1. The number of carbonyl (C=O) groups excluding carboxylic acids is 1. The molecule has 0 aliphatic heterocycles. The minimum absolute atomic E-state index is 0.0362. The molecule has 0 fully saturated rings. The summed E-state index contributed by atoms with van der Waals surface area (Å²) in [5.41, 5.74) is -0.652. The molecule has 0 bridgehead atoms. The van der Waals surface area contributed by atoms with Gasteiger partial charge in [-0.15, -0.1) is 0 Å². The van der Waals surface area contributed by atoms with Crippen molar-refractivity contribution in [1.82, 2.24) is 5.32 Å². The first kappa shape index (κ1) is 18.0. The highest BCUT2D eigenvalue weighted by molar-refractivity contribution is 5.97. The summed E-state index contributed by atoms with van der Waals surface area (Å²) in [7, 11) is 0. The van der Waals surface area contributed by atoms with Crippen LogP contribution in [-0.2, 0) is 9.53 Å². The van der Waals surface area contributed by atoms with Crippen LogP contribution in [0.15, 0.2) is 24.3 Å². The van der Waals surface area contributed by atoms with Crippen molar-refractivity contribution in [1.29, 1.82) is 0 Å². The number of hydrogen-bond donors (Lipinski definition) is 2. The number of hydrogen-bond acceptors (Lipinski definition) is 4. The summed E-state index contributed by atoms with van der Waals surface area (Å²) in [6, 6.07) is 6.84. The van der Waals surface area contributed by atoms with Crippen LogP contribution in [0.2, 0.25) is 0 Å². The summed E-state index contributed by atoms with van der Waals surface area (Å²) in [5, 5.41) is 11.7. The molecule has 6 nitrogen and oxygen atoms in total. The summed E-state index contributed by atoms with van der Waals surface area (Å²) in [6.07, 6.45) is 0. The van der Waals surface area contributed by atoms with E-state index in [-0.39, 0.29) is 12.5 Å². The predicted molar refractivity (Wildman–Crippen MR) is 82.2 cm³/mol. The largest absolute Gasteiger partial charge is 0.490 e. The molecular formula is C16H23NO5.